The van der Waals surface area contributed by atoms with Crippen molar-refractivity contribution in [1.29, 1.82) is 0 Å². The number of thiazole rings is 1. The first-order valence-corrected chi connectivity index (χ1v) is 13.0. The minimum Gasteiger partial charge on any atom is -0.495 e. The zero-order chi connectivity index (χ0) is 22.0. The van der Waals surface area contributed by atoms with Gasteiger partial charge in [0.05, 0.1) is 29.2 Å². The Labute approximate surface area is 189 Å². The quantitative estimate of drug-likeness (QED) is 0.558. The molecule has 3 heterocycles. The molecule has 1 N–H and O–H groups in total. The van der Waals surface area contributed by atoms with E-state index in [4.69, 9.17) is 4.74 Å². The van der Waals surface area contributed by atoms with Crippen molar-refractivity contribution in [2.45, 2.75) is 31.2 Å². The van der Waals surface area contributed by atoms with Gasteiger partial charge < -0.3 is 10.1 Å². The molecule has 2 aromatic heterocycles. The van der Waals surface area contributed by atoms with Gasteiger partial charge in [0.1, 0.15) is 10.6 Å². The summed E-state index contributed by atoms with van der Waals surface area (Å²) in [5.74, 6) is -0.0927. The summed E-state index contributed by atoms with van der Waals surface area (Å²) in [6.07, 6.45) is 1.68. The van der Waals surface area contributed by atoms with Crippen LogP contribution in [0.25, 0.3) is 10.6 Å². The van der Waals surface area contributed by atoms with Gasteiger partial charge in [0.15, 0.2) is 0 Å². The summed E-state index contributed by atoms with van der Waals surface area (Å²) in [6, 6.07) is 8.47. The topological polar surface area (TPSA) is 88.6 Å². The van der Waals surface area contributed by atoms with Gasteiger partial charge in [-0.3, -0.25) is 4.79 Å². The maximum absolute atomic E-state index is 13.0. The number of thiophene rings is 1. The lowest BCUT2D eigenvalue weighted by atomic mass is 10.2. The zero-order valence-corrected chi connectivity index (χ0v) is 19.7. The van der Waals surface area contributed by atoms with E-state index in [1.807, 2.05) is 24.4 Å². The van der Waals surface area contributed by atoms with Gasteiger partial charge in [-0.05, 0) is 50.1 Å². The zero-order valence-electron chi connectivity index (χ0n) is 17.3. The number of sulfonamides is 1. The maximum atomic E-state index is 13.0. The fourth-order valence-electron chi connectivity index (χ4n) is 3.44. The highest BCUT2D eigenvalue weighted by Crippen LogP contribution is 2.31. The van der Waals surface area contributed by atoms with Crippen molar-refractivity contribution in [3.63, 3.8) is 0 Å². The molecule has 3 aromatic rings. The molecule has 0 radical (unpaired) electrons. The molecule has 31 heavy (non-hydrogen) atoms. The van der Waals surface area contributed by atoms with E-state index < -0.39 is 10.0 Å². The van der Waals surface area contributed by atoms with Gasteiger partial charge in [-0.2, -0.15) is 4.31 Å². The second-order valence-corrected chi connectivity index (χ2v) is 11.3. The summed E-state index contributed by atoms with van der Waals surface area (Å²) < 4.78 is 32.7. The molecule has 4 rings (SSSR count). The molecule has 1 fully saturated rings. The molecule has 0 aliphatic carbocycles. The van der Waals surface area contributed by atoms with Crippen molar-refractivity contribution < 1.29 is 17.9 Å². The summed E-state index contributed by atoms with van der Waals surface area (Å²) in [5.41, 5.74) is 1.22. The van der Waals surface area contributed by atoms with E-state index in [-0.39, 0.29) is 22.1 Å². The highest BCUT2D eigenvalue weighted by molar-refractivity contribution is 7.89. The first-order chi connectivity index (χ1) is 14.9. The fourth-order valence-corrected chi connectivity index (χ4v) is 6.74. The third-order valence-electron chi connectivity index (χ3n) is 5.06. The minimum atomic E-state index is -3.71. The number of hydrogen-bond acceptors (Lipinski definition) is 7. The Hall–Kier alpha value is -2.27. The average molecular weight is 478 g/mol. The van der Waals surface area contributed by atoms with Crippen molar-refractivity contribution in [2.75, 3.05) is 20.2 Å². The van der Waals surface area contributed by atoms with E-state index in [2.05, 4.69) is 10.3 Å². The van der Waals surface area contributed by atoms with Crippen molar-refractivity contribution in [1.82, 2.24) is 14.6 Å². The minimum absolute atomic E-state index is 0.0295. The van der Waals surface area contributed by atoms with Crippen molar-refractivity contribution in [3.05, 3.63) is 51.2 Å². The van der Waals surface area contributed by atoms with Crippen LogP contribution in [0, 0.1) is 6.92 Å². The van der Waals surface area contributed by atoms with Crippen LogP contribution < -0.4 is 10.1 Å². The van der Waals surface area contributed by atoms with Gasteiger partial charge >= 0.3 is 0 Å². The molecule has 164 valence electrons. The molecule has 1 amide bonds. The van der Waals surface area contributed by atoms with Crippen LogP contribution in [0.5, 0.6) is 5.75 Å². The molecule has 0 unspecified atom stereocenters. The predicted octanol–water partition coefficient (Wildman–Crippen LogP) is 3.90. The number of nitrogens with zero attached hydrogens (tertiary/aromatic N) is 2. The average Bonchev–Trinajstić information content (AvgIpc) is 3.53. The third-order valence-corrected chi connectivity index (χ3v) is 8.87. The van der Waals surface area contributed by atoms with E-state index in [1.54, 1.807) is 28.7 Å². The van der Waals surface area contributed by atoms with Gasteiger partial charge in [0.2, 0.25) is 10.0 Å². The number of aryl methyl sites for hydroxylation is 1. The lowest BCUT2D eigenvalue weighted by Gasteiger charge is -2.18. The summed E-state index contributed by atoms with van der Waals surface area (Å²) in [6.45, 7) is 3.30. The smallest absolute Gasteiger partial charge is 0.251 e. The van der Waals surface area contributed by atoms with E-state index in [0.29, 0.717) is 19.6 Å². The molecule has 0 atom stereocenters. The Morgan fingerprint density at radius 3 is 2.68 bits per heavy atom. The van der Waals surface area contributed by atoms with Crippen LogP contribution in [-0.4, -0.2) is 43.8 Å². The van der Waals surface area contributed by atoms with Crippen LogP contribution >= 0.6 is 22.7 Å². The number of carbonyl (C=O) groups excluding carboxylic acids is 1. The second kappa shape index (κ2) is 9.07. The first-order valence-electron chi connectivity index (χ1n) is 9.86. The third kappa shape index (κ3) is 4.67. The van der Waals surface area contributed by atoms with Crippen LogP contribution in [0.3, 0.4) is 0 Å². The summed E-state index contributed by atoms with van der Waals surface area (Å²) in [4.78, 5) is 19.3. The highest BCUT2D eigenvalue weighted by Gasteiger charge is 2.30. The van der Waals surface area contributed by atoms with Crippen molar-refractivity contribution in [2.24, 2.45) is 0 Å². The molecule has 1 saturated heterocycles. The van der Waals surface area contributed by atoms with Crippen LogP contribution in [0.4, 0.5) is 0 Å². The van der Waals surface area contributed by atoms with Gasteiger partial charge in [-0.25, -0.2) is 13.4 Å². The lowest BCUT2D eigenvalue weighted by Crippen LogP contribution is -2.29. The number of carbonyl (C=O) groups is 1. The summed E-state index contributed by atoms with van der Waals surface area (Å²) in [5, 5.41) is 5.90. The van der Waals surface area contributed by atoms with Crippen LogP contribution in [0.15, 0.2) is 40.6 Å². The molecular formula is C21H23N3O4S3. The molecule has 1 aliphatic rings. The van der Waals surface area contributed by atoms with E-state index in [1.165, 1.54) is 23.5 Å². The molecule has 0 bridgehead atoms. The van der Waals surface area contributed by atoms with Crippen LogP contribution in [0.1, 0.15) is 33.1 Å². The Kier molecular flexibility index (Phi) is 6.42. The standard InChI is InChI=1S/C21H23N3O4S3/c1-14-23-17(13-29-14)19-8-6-16(30-19)12-22-21(25)15-5-7-18(28-2)20(11-15)31(26,27)24-9-3-4-10-24/h5-8,11,13H,3-4,9-10,12H2,1-2H3,(H,22,25). The molecule has 0 saturated carbocycles. The number of hydrogen-bond donors (Lipinski definition) is 1. The summed E-state index contributed by atoms with van der Waals surface area (Å²) >= 11 is 3.18. The Balaban J connectivity index is 1.49. The number of nitrogens with one attached hydrogen (secondary N) is 1. The van der Waals surface area contributed by atoms with Crippen molar-refractivity contribution in [3.8, 4) is 16.3 Å². The van der Waals surface area contributed by atoms with E-state index in [9.17, 15) is 13.2 Å². The number of amides is 1. The molecule has 7 nitrogen and oxygen atoms in total. The molecule has 10 heteroatoms. The Morgan fingerprint density at radius 2 is 2.00 bits per heavy atom. The summed E-state index contributed by atoms with van der Waals surface area (Å²) in [7, 11) is -2.28. The number of aromatic nitrogens is 1. The normalized spacial score (nSPS) is 14.6. The van der Waals surface area contributed by atoms with Gasteiger partial charge in [-0.15, -0.1) is 22.7 Å². The molecule has 1 aliphatic heterocycles. The fraction of sp³-hybridized carbons (Fsp3) is 0.333. The number of benzene rings is 1. The SMILES string of the molecule is COc1ccc(C(=O)NCc2ccc(-c3csc(C)n3)s2)cc1S(=O)(=O)N1CCCC1. The number of ether oxygens (including phenoxy) is 1. The number of methoxy groups -OCH3 is 1. The number of rotatable bonds is 7. The predicted molar refractivity (Wildman–Crippen MR) is 122 cm³/mol. The van der Waals surface area contributed by atoms with Crippen LogP contribution in [-0.2, 0) is 16.6 Å². The highest BCUT2D eigenvalue weighted by atomic mass is 32.2. The van der Waals surface area contributed by atoms with Gasteiger partial charge in [0.25, 0.3) is 5.91 Å². The maximum Gasteiger partial charge on any atom is 0.251 e. The first kappa shape index (κ1) is 21.9. The van der Waals surface area contributed by atoms with E-state index >= 15 is 0 Å². The van der Waals surface area contributed by atoms with E-state index in [0.717, 1.165) is 33.3 Å². The second-order valence-electron chi connectivity index (χ2n) is 7.18. The Bertz CT molecular complexity index is 1190. The van der Waals surface area contributed by atoms with Crippen LogP contribution in [0.2, 0.25) is 0 Å². The lowest BCUT2D eigenvalue weighted by molar-refractivity contribution is 0.0951. The monoisotopic (exact) mass is 477 g/mol. The largest absolute Gasteiger partial charge is 0.495 e. The van der Waals surface area contributed by atoms with Gasteiger partial charge in [0, 0.05) is 28.9 Å². The molecule has 0 spiro atoms. The molecule has 1 aromatic carbocycles. The Morgan fingerprint density at radius 1 is 1.23 bits per heavy atom. The van der Waals surface area contributed by atoms with Crippen molar-refractivity contribution >= 4 is 38.6 Å². The van der Waals surface area contributed by atoms with Gasteiger partial charge in [-0.1, -0.05) is 0 Å². The molecular weight excluding hydrogens is 454 g/mol.